The van der Waals surface area contributed by atoms with Gasteiger partial charge in [-0.2, -0.15) is 0 Å². The molecule has 0 spiro atoms. The van der Waals surface area contributed by atoms with Crippen molar-refractivity contribution in [3.05, 3.63) is 22.3 Å². The minimum atomic E-state index is 0.640. The Hall–Kier alpha value is -0.240. The number of nitrogens with two attached hydrogens (primary N) is 1. The van der Waals surface area contributed by atoms with Gasteiger partial charge in [0.15, 0.2) is 0 Å². The zero-order valence-electron chi connectivity index (χ0n) is 7.52. The molecule has 0 amide bonds. The van der Waals surface area contributed by atoms with Crippen LogP contribution in [0.2, 0.25) is 0 Å². The van der Waals surface area contributed by atoms with Gasteiger partial charge in [0.25, 0.3) is 0 Å². The Kier molecular flexibility index (Phi) is 3.86. The molecular weight excluding hydrogens is 214 g/mol. The highest BCUT2D eigenvalue weighted by Gasteiger charge is 2.20. The molecule has 0 saturated heterocycles. The summed E-state index contributed by atoms with van der Waals surface area (Å²) >= 11 is 3.49. The van der Waals surface area contributed by atoms with Crippen LogP contribution in [0.3, 0.4) is 0 Å². The highest BCUT2D eigenvalue weighted by Crippen LogP contribution is 2.33. The molecule has 2 N–H and O–H groups in total. The Morgan fingerprint density at radius 1 is 1.58 bits per heavy atom. The second-order valence-corrected chi connectivity index (χ2v) is 4.10. The van der Waals surface area contributed by atoms with Crippen molar-refractivity contribution < 1.29 is 0 Å². The van der Waals surface area contributed by atoms with Crippen LogP contribution in [0.1, 0.15) is 32.6 Å². The van der Waals surface area contributed by atoms with Crippen LogP contribution in [-0.2, 0) is 0 Å². The van der Waals surface area contributed by atoms with E-state index in [4.69, 9.17) is 5.73 Å². The van der Waals surface area contributed by atoms with Crippen molar-refractivity contribution in [3.63, 3.8) is 0 Å². The lowest BCUT2D eigenvalue weighted by Crippen LogP contribution is -2.19. The first-order chi connectivity index (χ1) is 5.75. The van der Waals surface area contributed by atoms with E-state index in [1.54, 1.807) is 0 Å². The van der Waals surface area contributed by atoms with Gasteiger partial charge in [-0.1, -0.05) is 25.5 Å². The van der Waals surface area contributed by atoms with Gasteiger partial charge in [-0.05, 0) is 41.1 Å². The first-order valence-corrected chi connectivity index (χ1v) is 5.36. The van der Waals surface area contributed by atoms with Gasteiger partial charge >= 0.3 is 0 Å². The monoisotopic (exact) mass is 229 g/mol. The maximum absolute atomic E-state index is 5.94. The van der Waals surface area contributed by atoms with E-state index < -0.39 is 0 Å². The lowest BCUT2D eigenvalue weighted by molar-refractivity contribution is 0.364. The maximum atomic E-state index is 5.94. The second-order valence-electron chi connectivity index (χ2n) is 3.24. The number of hydrogen-bond donors (Lipinski definition) is 1. The lowest BCUT2D eigenvalue weighted by atomic mass is 9.83. The molecule has 1 saturated carbocycles. The van der Waals surface area contributed by atoms with E-state index >= 15 is 0 Å². The first kappa shape index (κ1) is 9.85. The van der Waals surface area contributed by atoms with Crippen molar-refractivity contribution in [1.29, 1.82) is 0 Å². The van der Waals surface area contributed by atoms with Gasteiger partial charge in [0.2, 0.25) is 0 Å². The molecule has 0 aliphatic heterocycles. The van der Waals surface area contributed by atoms with Crippen molar-refractivity contribution in [3.8, 4) is 0 Å². The second kappa shape index (κ2) is 4.70. The zero-order chi connectivity index (χ0) is 8.97. The Bertz CT molecular complexity index is 202. The fourth-order valence-corrected chi connectivity index (χ4v) is 1.74. The molecular formula is C10H16BrN. The minimum absolute atomic E-state index is 0.640. The van der Waals surface area contributed by atoms with E-state index in [1.165, 1.54) is 19.3 Å². The SMILES string of the molecule is CC/C=C\C(Br)=C(/N)C1CCC1. The van der Waals surface area contributed by atoms with Gasteiger partial charge in [-0.3, -0.25) is 0 Å². The first-order valence-electron chi connectivity index (χ1n) is 4.57. The lowest BCUT2D eigenvalue weighted by Gasteiger charge is -2.26. The summed E-state index contributed by atoms with van der Waals surface area (Å²) in [5, 5.41) is 0. The average molecular weight is 230 g/mol. The fourth-order valence-electron chi connectivity index (χ4n) is 1.23. The van der Waals surface area contributed by atoms with E-state index in [-0.39, 0.29) is 0 Å². The third kappa shape index (κ3) is 2.37. The molecule has 12 heavy (non-hydrogen) atoms. The van der Waals surface area contributed by atoms with Crippen molar-refractivity contribution in [2.24, 2.45) is 11.7 Å². The number of halogens is 1. The molecule has 0 aromatic heterocycles. The van der Waals surface area contributed by atoms with E-state index in [9.17, 15) is 0 Å². The summed E-state index contributed by atoms with van der Waals surface area (Å²) in [7, 11) is 0. The smallest absolute Gasteiger partial charge is 0.0362 e. The molecule has 1 fully saturated rings. The van der Waals surface area contributed by atoms with Gasteiger partial charge in [-0.15, -0.1) is 0 Å². The molecule has 0 heterocycles. The van der Waals surface area contributed by atoms with Crippen LogP contribution in [-0.4, -0.2) is 0 Å². The van der Waals surface area contributed by atoms with Crippen LogP contribution >= 0.6 is 15.9 Å². The third-order valence-electron chi connectivity index (χ3n) is 2.32. The Balaban J connectivity index is 2.54. The molecule has 0 bridgehead atoms. The minimum Gasteiger partial charge on any atom is -0.401 e. The highest BCUT2D eigenvalue weighted by molar-refractivity contribution is 9.11. The molecule has 2 heteroatoms. The van der Waals surface area contributed by atoms with Gasteiger partial charge in [0.05, 0.1) is 0 Å². The van der Waals surface area contributed by atoms with E-state index in [1.807, 2.05) is 0 Å². The van der Waals surface area contributed by atoms with E-state index in [0.29, 0.717) is 5.92 Å². The molecule has 0 aromatic carbocycles. The van der Waals surface area contributed by atoms with Crippen LogP contribution < -0.4 is 5.73 Å². The van der Waals surface area contributed by atoms with Crippen molar-refractivity contribution >= 4 is 15.9 Å². The van der Waals surface area contributed by atoms with Crippen LogP contribution in [0, 0.1) is 5.92 Å². The number of hydrogen-bond acceptors (Lipinski definition) is 1. The molecule has 1 nitrogen and oxygen atoms in total. The van der Waals surface area contributed by atoms with Crippen LogP contribution in [0.4, 0.5) is 0 Å². The van der Waals surface area contributed by atoms with Crippen LogP contribution in [0.5, 0.6) is 0 Å². The summed E-state index contributed by atoms with van der Waals surface area (Å²) in [4.78, 5) is 0. The van der Waals surface area contributed by atoms with Gasteiger partial charge in [-0.25, -0.2) is 0 Å². The average Bonchev–Trinajstić information content (AvgIpc) is 1.96. The molecule has 0 unspecified atom stereocenters. The molecule has 1 aliphatic carbocycles. The van der Waals surface area contributed by atoms with Gasteiger partial charge < -0.3 is 5.73 Å². The largest absolute Gasteiger partial charge is 0.401 e. The molecule has 1 rings (SSSR count). The topological polar surface area (TPSA) is 26.0 Å². The van der Waals surface area contributed by atoms with Crippen LogP contribution in [0.15, 0.2) is 22.3 Å². The summed E-state index contributed by atoms with van der Waals surface area (Å²) in [5.74, 6) is 0.640. The molecule has 0 atom stereocenters. The Morgan fingerprint density at radius 3 is 2.67 bits per heavy atom. The predicted molar refractivity (Wildman–Crippen MR) is 56.9 cm³/mol. The zero-order valence-corrected chi connectivity index (χ0v) is 9.10. The quantitative estimate of drug-likeness (QED) is 0.739. The van der Waals surface area contributed by atoms with E-state index in [2.05, 4.69) is 35.0 Å². The van der Waals surface area contributed by atoms with Crippen molar-refractivity contribution in [1.82, 2.24) is 0 Å². The highest BCUT2D eigenvalue weighted by atomic mass is 79.9. The van der Waals surface area contributed by atoms with E-state index in [0.717, 1.165) is 16.6 Å². The summed E-state index contributed by atoms with van der Waals surface area (Å²) in [6.45, 7) is 2.12. The van der Waals surface area contributed by atoms with Gasteiger partial charge in [0.1, 0.15) is 0 Å². The Morgan fingerprint density at radius 2 is 2.25 bits per heavy atom. The van der Waals surface area contributed by atoms with Crippen molar-refractivity contribution in [2.75, 3.05) is 0 Å². The van der Waals surface area contributed by atoms with Crippen molar-refractivity contribution in [2.45, 2.75) is 32.6 Å². The maximum Gasteiger partial charge on any atom is 0.0362 e. The molecule has 68 valence electrons. The molecule has 1 aliphatic rings. The third-order valence-corrected chi connectivity index (χ3v) is 3.04. The van der Waals surface area contributed by atoms with Crippen LogP contribution in [0.25, 0.3) is 0 Å². The summed E-state index contributed by atoms with van der Waals surface area (Å²) < 4.78 is 1.08. The molecule has 0 aromatic rings. The normalized spacial score (nSPS) is 20.8. The number of rotatable bonds is 3. The number of allylic oxidation sites excluding steroid dienone is 4. The summed E-state index contributed by atoms with van der Waals surface area (Å²) in [6, 6.07) is 0. The summed E-state index contributed by atoms with van der Waals surface area (Å²) in [6.07, 6.45) is 9.11. The predicted octanol–water partition coefficient (Wildman–Crippen LogP) is 3.32. The van der Waals surface area contributed by atoms with Gasteiger partial charge in [0, 0.05) is 10.2 Å². The Labute approximate surface area is 82.8 Å². The molecule has 0 radical (unpaired) electrons. The fraction of sp³-hybridized carbons (Fsp3) is 0.600. The summed E-state index contributed by atoms with van der Waals surface area (Å²) in [5.41, 5.74) is 6.98. The standard InChI is InChI=1S/C10H16BrN/c1-2-3-7-9(11)10(12)8-5-4-6-8/h3,7-8H,2,4-6,12H2,1H3/b7-3-,10-9+.